The van der Waals surface area contributed by atoms with E-state index >= 15 is 0 Å². The summed E-state index contributed by atoms with van der Waals surface area (Å²) in [6.45, 7) is 0. The second-order valence-electron chi connectivity index (χ2n) is 4.57. The Morgan fingerprint density at radius 2 is 2.09 bits per heavy atom. The van der Waals surface area contributed by atoms with E-state index in [1.807, 2.05) is 13.1 Å². The summed E-state index contributed by atoms with van der Waals surface area (Å²) in [4.78, 5) is 0.575. The van der Waals surface area contributed by atoms with Gasteiger partial charge in [0.15, 0.2) is 16.6 Å². The van der Waals surface area contributed by atoms with Gasteiger partial charge < -0.3 is 0 Å². The van der Waals surface area contributed by atoms with Gasteiger partial charge in [0, 0.05) is 13.2 Å². The third kappa shape index (κ3) is 1.92. The lowest BCUT2D eigenvalue weighted by Crippen LogP contribution is -1.96. The summed E-state index contributed by atoms with van der Waals surface area (Å²) in [6, 6.07) is 6.60. The van der Waals surface area contributed by atoms with Gasteiger partial charge in [-0.25, -0.2) is 4.39 Å². The number of hydrogen-bond acceptors (Lipinski definition) is 5. The van der Waals surface area contributed by atoms with Gasteiger partial charge in [-0.1, -0.05) is 29.0 Å². The summed E-state index contributed by atoms with van der Waals surface area (Å²) in [5.74, 6) is -0.215. The van der Waals surface area contributed by atoms with Crippen LogP contribution in [0, 0.1) is 5.82 Å². The molecule has 9 heteroatoms. The highest BCUT2D eigenvalue weighted by Gasteiger charge is 2.19. The molecule has 0 bridgehead atoms. The molecule has 0 aliphatic carbocycles. The van der Waals surface area contributed by atoms with Crippen molar-refractivity contribution in [3.05, 3.63) is 41.3 Å². The molecule has 0 unspecified atom stereocenters. The van der Waals surface area contributed by atoms with Crippen LogP contribution in [0.15, 0.2) is 30.5 Å². The first-order chi connectivity index (χ1) is 10.6. The fraction of sp³-hybridized carbons (Fsp3) is 0.0769. The summed E-state index contributed by atoms with van der Waals surface area (Å²) in [6.07, 6.45) is 1.69. The molecule has 0 fully saturated rings. The monoisotopic (exact) mass is 334 g/mol. The van der Waals surface area contributed by atoms with Gasteiger partial charge in [-0.15, -0.1) is 10.2 Å². The van der Waals surface area contributed by atoms with Crippen molar-refractivity contribution in [2.45, 2.75) is 0 Å². The van der Waals surface area contributed by atoms with Crippen molar-refractivity contribution in [1.29, 1.82) is 0 Å². The maximum atomic E-state index is 14.2. The Morgan fingerprint density at radius 1 is 1.23 bits per heavy atom. The molecule has 0 radical (unpaired) electrons. The van der Waals surface area contributed by atoms with Crippen molar-refractivity contribution in [1.82, 2.24) is 29.6 Å². The van der Waals surface area contributed by atoms with Crippen LogP contribution in [0.2, 0.25) is 5.02 Å². The lowest BCUT2D eigenvalue weighted by Gasteiger charge is -2.01. The van der Waals surface area contributed by atoms with Crippen molar-refractivity contribution in [3.63, 3.8) is 0 Å². The maximum absolute atomic E-state index is 14.2. The van der Waals surface area contributed by atoms with Crippen molar-refractivity contribution in [2.75, 3.05) is 0 Å². The zero-order chi connectivity index (χ0) is 15.3. The van der Waals surface area contributed by atoms with E-state index in [0.717, 1.165) is 10.7 Å². The molecule has 4 rings (SSSR count). The Hall–Kier alpha value is -2.32. The highest BCUT2D eigenvalue weighted by Crippen LogP contribution is 2.30. The third-order valence-electron chi connectivity index (χ3n) is 3.22. The van der Waals surface area contributed by atoms with Gasteiger partial charge >= 0.3 is 0 Å². The Kier molecular flexibility index (Phi) is 2.95. The number of aryl methyl sites for hydroxylation is 1. The Morgan fingerprint density at radius 3 is 2.86 bits per heavy atom. The second kappa shape index (κ2) is 4.85. The maximum Gasteiger partial charge on any atom is 0.235 e. The highest BCUT2D eigenvalue weighted by atomic mass is 35.5. The zero-order valence-electron chi connectivity index (χ0n) is 11.2. The molecule has 3 aromatic heterocycles. The standard InChI is InChI=1S/C13H8ClFN6S/c1-20-9(5-6-16-20)12-19-21-11(17-18-13(21)22-12)7-3-2-4-8(14)10(7)15/h2-6H,1H3. The zero-order valence-corrected chi connectivity index (χ0v) is 12.8. The molecule has 0 saturated heterocycles. The predicted octanol–water partition coefficient (Wildman–Crippen LogP) is 3.05. The van der Waals surface area contributed by atoms with E-state index in [1.165, 1.54) is 21.9 Å². The minimum Gasteiger partial charge on any atom is -0.265 e. The Labute approximate surface area is 132 Å². The van der Waals surface area contributed by atoms with Crippen molar-refractivity contribution in [2.24, 2.45) is 7.05 Å². The van der Waals surface area contributed by atoms with Crippen LogP contribution in [0.5, 0.6) is 0 Å². The third-order valence-corrected chi connectivity index (χ3v) is 4.44. The van der Waals surface area contributed by atoms with Gasteiger partial charge in [0.05, 0.1) is 16.3 Å². The molecule has 1 aromatic carbocycles. The molecule has 0 N–H and O–H groups in total. The summed E-state index contributed by atoms with van der Waals surface area (Å²) < 4.78 is 17.4. The molecule has 0 aliphatic rings. The normalized spacial score (nSPS) is 11.4. The predicted molar refractivity (Wildman–Crippen MR) is 81.3 cm³/mol. The molecule has 0 aliphatic heterocycles. The molecule has 0 spiro atoms. The highest BCUT2D eigenvalue weighted by molar-refractivity contribution is 7.19. The molecule has 22 heavy (non-hydrogen) atoms. The lowest BCUT2D eigenvalue weighted by molar-refractivity contribution is 0.629. The molecule has 4 aromatic rings. The van der Waals surface area contributed by atoms with Crippen molar-refractivity contribution >= 4 is 27.9 Å². The van der Waals surface area contributed by atoms with E-state index in [-0.39, 0.29) is 10.6 Å². The average molecular weight is 335 g/mol. The van der Waals surface area contributed by atoms with Crippen LogP contribution in [-0.2, 0) is 7.05 Å². The van der Waals surface area contributed by atoms with Gasteiger partial charge in [0.2, 0.25) is 4.96 Å². The van der Waals surface area contributed by atoms with Crippen LogP contribution in [0.3, 0.4) is 0 Å². The van der Waals surface area contributed by atoms with Gasteiger partial charge in [-0.05, 0) is 18.2 Å². The topological polar surface area (TPSA) is 60.9 Å². The summed E-state index contributed by atoms with van der Waals surface area (Å²) in [5.41, 5.74) is 1.12. The van der Waals surface area contributed by atoms with E-state index in [9.17, 15) is 4.39 Å². The SMILES string of the molecule is Cn1nccc1-c1nn2c(-c3cccc(Cl)c3F)nnc2s1. The largest absolute Gasteiger partial charge is 0.265 e. The molecule has 0 atom stereocenters. The Balaban J connectivity index is 1.92. The number of fused-ring (bicyclic) bond motifs is 1. The minimum absolute atomic E-state index is 0.0383. The molecular formula is C13H8ClFN6S. The molecular weight excluding hydrogens is 327 g/mol. The van der Waals surface area contributed by atoms with Gasteiger partial charge in [0.1, 0.15) is 0 Å². The smallest absolute Gasteiger partial charge is 0.235 e. The fourth-order valence-corrected chi connectivity index (χ4v) is 3.22. The number of halogens is 2. The molecule has 0 saturated carbocycles. The molecule has 0 amide bonds. The van der Waals surface area contributed by atoms with E-state index in [0.29, 0.717) is 10.8 Å². The number of aromatic nitrogens is 6. The summed E-state index contributed by atoms with van der Waals surface area (Å²) in [7, 11) is 1.83. The number of hydrogen-bond donors (Lipinski definition) is 0. The van der Waals surface area contributed by atoms with E-state index < -0.39 is 5.82 Å². The van der Waals surface area contributed by atoms with E-state index in [1.54, 1.807) is 23.0 Å². The number of benzene rings is 1. The Bertz CT molecular complexity index is 988. The number of rotatable bonds is 2. The number of nitrogens with zero attached hydrogens (tertiary/aromatic N) is 6. The van der Waals surface area contributed by atoms with Crippen LogP contribution in [0.1, 0.15) is 0 Å². The molecule has 6 nitrogen and oxygen atoms in total. The van der Waals surface area contributed by atoms with Gasteiger partial charge in [-0.2, -0.15) is 14.7 Å². The van der Waals surface area contributed by atoms with E-state index in [4.69, 9.17) is 11.6 Å². The molecule has 3 heterocycles. The first-order valence-electron chi connectivity index (χ1n) is 6.30. The second-order valence-corrected chi connectivity index (χ2v) is 5.93. The van der Waals surface area contributed by atoms with Crippen LogP contribution >= 0.6 is 22.9 Å². The van der Waals surface area contributed by atoms with Crippen LogP contribution in [0.4, 0.5) is 4.39 Å². The summed E-state index contributed by atoms with van der Waals surface area (Å²) >= 11 is 7.18. The van der Waals surface area contributed by atoms with Crippen LogP contribution in [0.25, 0.3) is 27.1 Å². The van der Waals surface area contributed by atoms with Gasteiger partial charge in [-0.3, -0.25) is 4.68 Å². The first kappa shape index (κ1) is 13.4. The van der Waals surface area contributed by atoms with Crippen molar-refractivity contribution < 1.29 is 4.39 Å². The van der Waals surface area contributed by atoms with Gasteiger partial charge in [0.25, 0.3) is 0 Å². The summed E-state index contributed by atoms with van der Waals surface area (Å²) in [5, 5.41) is 17.4. The van der Waals surface area contributed by atoms with Crippen molar-refractivity contribution in [3.8, 4) is 22.1 Å². The molecule has 110 valence electrons. The van der Waals surface area contributed by atoms with Crippen LogP contribution < -0.4 is 0 Å². The first-order valence-corrected chi connectivity index (χ1v) is 7.49. The van der Waals surface area contributed by atoms with E-state index in [2.05, 4.69) is 20.4 Å². The average Bonchev–Trinajstić information content (AvgIpc) is 3.17. The quantitative estimate of drug-likeness (QED) is 0.565. The van der Waals surface area contributed by atoms with Crippen LogP contribution in [-0.4, -0.2) is 29.6 Å². The minimum atomic E-state index is -0.534. The fourth-order valence-electron chi connectivity index (χ4n) is 2.15. The lowest BCUT2D eigenvalue weighted by atomic mass is 10.2.